The summed E-state index contributed by atoms with van der Waals surface area (Å²) in [5.74, 6) is 1.33. The third-order valence-corrected chi connectivity index (χ3v) is 5.06. The normalized spacial score (nSPS) is 28.2. The summed E-state index contributed by atoms with van der Waals surface area (Å²) in [4.78, 5) is 7.20. The first-order valence-corrected chi connectivity index (χ1v) is 7.79. The lowest BCUT2D eigenvalue weighted by Crippen LogP contribution is -2.42. The highest BCUT2D eigenvalue weighted by Crippen LogP contribution is 2.31. The topological polar surface area (TPSA) is 16.1 Å². The molecule has 3 unspecified atom stereocenters. The molecule has 1 aromatic rings. The number of hydrogen-bond donors (Lipinski definition) is 0. The lowest BCUT2D eigenvalue weighted by Gasteiger charge is -2.40. The molecule has 0 aromatic carbocycles. The van der Waals surface area contributed by atoms with Crippen molar-refractivity contribution in [2.24, 2.45) is 5.92 Å². The molecule has 0 bridgehead atoms. The zero-order chi connectivity index (χ0) is 12.4. The van der Waals surface area contributed by atoms with Gasteiger partial charge in [-0.3, -0.25) is 4.90 Å². The molecule has 2 heterocycles. The van der Waals surface area contributed by atoms with Gasteiger partial charge in [0.25, 0.3) is 0 Å². The number of hydrogen-bond acceptors (Lipinski definition) is 3. The van der Waals surface area contributed by atoms with Gasteiger partial charge in [-0.15, -0.1) is 22.9 Å². The van der Waals surface area contributed by atoms with Gasteiger partial charge in [0.05, 0.1) is 17.6 Å². The summed E-state index contributed by atoms with van der Waals surface area (Å²) < 4.78 is 0. The quantitative estimate of drug-likeness (QED) is 0.772. The van der Waals surface area contributed by atoms with Crippen LogP contribution in [0.25, 0.3) is 0 Å². The highest BCUT2D eigenvalue weighted by Gasteiger charge is 2.28. The molecule has 0 aliphatic carbocycles. The van der Waals surface area contributed by atoms with E-state index >= 15 is 0 Å². The van der Waals surface area contributed by atoms with E-state index in [1.165, 1.54) is 24.4 Å². The van der Waals surface area contributed by atoms with Gasteiger partial charge < -0.3 is 0 Å². The molecular formula is C13H21ClN2S. The zero-order valence-corrected chi connectivity index (χ0v) is 12.4. The molecule has 1 aliphatic heterocycles. The van der Waals surface area contributed by atoms with Crippen molar-refractivity contribution in [3.63, 3.8) is 0 Å². The number of piperidine rings is 1. The molecule has 0 saturated carbocycles. The highest BCUT2D eigenvalue weighted by atomic mass is 35.5. The molecule has 3 atom stereocenters. The summed E-state index contributed by atoms with van der Waals surface area (Å²) in [6.45, 7) is 8.14. The van der Waals surface area contributed by atoms with Crippen LogP contribution in [0.2, 0.25) is 0 Å². The van der Waals surface area contributed by atoms with Crippen molar-refractivity contribution in [1.29, 1.82) is 0 Å². The lowest BCUT2D eigenvalue weighted by molar-refractivity contribution is 0.0843. The van der Waals surface area contributed by atoms with Crippen LogP contribution in [0.15, 0.2) is 5.38 Å². The van der Waals surface area contributed by atoms with Gasteiger partial charge in [-0.05, 0) is 32.6 Å². The smallest absolute Gasteiger partial charge is 0.110 e. The van der Waals surface area contributed by atoms with Crippen LogP contribution in [0.3, 0.4) is 0 Å². The Morgan fingerprint density at radius 1 is 1.53 bits per heavy atom. The van der Waals surface area contributed by atoms with Gasteiger partial charge in [-0.1, -0.05) is 6.92 Å². The van der Waals surface area contributed by atoms with Gasteiger partial charge >= 0.3 is 0 Å². The zero-order valence-electron chi connectivity index (χ0n) is 10.8. The van der Waals surface area contributed by atoms with Gasteiger partial charge in [-0.25, -0.2) is 4.98 Å². The van der Waals surface area contributed by atoms with E-state index in [1.807, 2.05) is 0 Å². The second-order valence-electron chi connectivity index (χ2n) is 5.22. The number of nitrogens with zero attached hydrogens (tertiary/aromatic N) is 2. The van der Waals surface area contributed by atoms with Crippen LogP contribution in [0, 0.1) is 5.92 Å². The van der Waals surface area contributed by atoms with Crippen molar-refractivity contribution in [1.82, 2.24) is 9.88 Å². The van der Waals surface area contributed by atoms with E-state index in [2.05, 4.69) is 36.0 Å². The van der Waals surface area contributed by atoms with Crippen molar-refractivity contribution >= 4 is 22.9 Å². The summed E-state index contributed by atoms with van der Waals surface area (Å²) in [7, 11) is 0. The lowest BCUT2D eigenvalue weighted by atomic mass is 9.94. The Bertz CT molecular complexity index is 366. The average Bonchev–Trinajstić information content (AvgIpc) is 2.80. The molecule has 4 heteroatoms. The second kappa shape index (κ2) is 5.68. The first-order valence-electron chi connectivity index (χ1n) is 6.37. The molecule has 1 fully saturated rings. The number of halogens is 1. The predicted molar refractivity (Wildman–Crippen MR) is 74.7 cm³/mol. The third kappa shape index (κ3) is 3.01. The first-order chi connectivity index (χ1) is 8.11. The fourth-order valence-electron chi connectivity index (χ4n) is 2.58. The average molecular weight is 273 g/mol. The molecule has 1 aliphatic rings. The van der Waals surface area contributed by atoms with Gasteiger partial charge in [0.2, 0.25) is 0 Å². The maximum Gasteiger partial charge on any atom is 0.110 e. The van der Waals surface area contributed by atoms with Crippen molar-refractivity contribution in [2.45, 2.75) is 51.6 Å². The Hall–Kier alpha value is -0.120. The van der Waals surface area contributed by atoms with E-state index in [4.69, 9.17) is 11.6 Å². The van der Waals surface area contributed by atoms with Crippen LogP contribution in [-0.4, -0.2) is 22.5 Å². The molecule has 0 spiro atoms. The number of aromatic nitrogens is 1. The fourth-order valence-corrected chi connectivity index (χ4v) is 3.70. The summed E-state index contributed by atoms with van der Waals surface area (Å²) in [6.07, 6.45) is 2.66. The maximum absolute atomic E-state index is 5.81. The standard InChI is InChI=1S/C13H21ClN2S/c1-9-4-5-10(2)16(7-9)11(3)13-15-12(6-14)8-17-13/h8-11H,4-7H2,1-3H3. The molecule has 0 radical (unpaired) electrons. The van der Waals surface area contributed by atoms with E-state index in [9.17, 15) is 0 Å². The van der Waals surface area contributed by atoms with E-state index in [1.54, 1.807) is 11.3 Å². The van der Waals surface area contributed by atoms with Crippen LogP contribution >= 0.6 is 22.9 Å². The monoisotopic (exact) mass is 272 g/mol. The SMILES string of the molecule is CC1CCC(C)N(C(C)c2nc(CCl)cs2)C1. The summed E-state index contributed by atoms with van der Waals surface area (Å²) in [5.41, 5.74) is 1.01. The molecule has 1 aromatic heterocycles. The van der Waals surface area contributed by atoms with Crippen LogP contribution in [0.1, 0.15) is 50.4 Å². The number of thiazole rings is 1. The van der Waals surface area contributed by atoms with Gasteiger partial charge in [-0.2, -0.15) is 0 Å². The molecule has 2 rings (SSSR count). The minimum absolute atomic E-state index is 0.426. The van der Waals surface area contributed by atoms with Crippen molar-refractivity contribution in [3.05, 3.63) is 16.1 Å². The Labute approximate surface area is 113 Å². The minimum Gasteiger partial charge on any atom is -0.291 e. The van der Waals surface area contributed by atoms with Crippen LogP contribution in [0.4, 0.5) is 0 Å². The molecule has 0 amide bonds. The second-order valence-corrected chi connectivity index (χ2v) is 6.37. The highest BCUT2D eigenvalue weighted by molar-refractivity contribution is 7.09. The fraction of sp³-hybridized carbons (Fsp3) is 0.769. The molecule has 96 valence electrons. The largest absolute Gasteiger partial charge is 0.291 e. The van der Waals surface area contributed by atoms with E-state index in [0.717, 1.165) is 11.6 Å². The van der Waals surface area contributed by atoms with Gasteiger partial charge in [0.15, 0.2) is 0 Å². The minimum atomic E-state index is 0.426. The van der Waals surface area contributed by atoms with Crippen LogP contribution in [0.5, 0.6) is 0 Å². The summed E-state index contributed by atoms with van der Waals surface area (Å²) in [5, 5.41) is 3.29. The number of likely N-dealkylation sites (tertiary alicyclic amines) is 1. The third-order valence-electron chi connectivity index (χ3n) is 3.73. The van der Waals surface area contributed by atoms with Crippen LogP contribution < -0.4 is 0 Å². The number of rotatable bonds is 3. The maximum atomic E-state index is 5.81. The van der Waals surface area contributed by atoms with Crippen molar-refractivity contribution in [3.8, 4) is 0 Å². The molecule has 0 N–H and O–H groups in total. The van der Waals surface area contributed by atoms with Crippen LogP contribution in [-0.2, 0) is 5.88 Å². The van der Waals surface area contributed by atoms with E-state index in [0.29, 0.717) is 18.0 Å². The molecule has 17 heavy (non-hydrogen) atoms. The van der Waals surface area contributed by atoms with Crippen molar-refractivity contribution < 1.29 is 0 Å². The first kappa shape index (κ1) is 13.3. The Balaban J connectivity index is 2.09. The van der Waals surface area contributed by atoms with Crippen molar-refractivity contribution in [2.75, 3.05) is 6.54 Å². The van der Waals surface area contributed by atoms with E-state index in [-0.39, 0.29) is 0 Å². The molecular weight excluding hydrogens is 252 g/mol. The summed E-state index contributed by atoms with van der Waals surface area (Å²) in [6, 6.07) is 1.10. The van der Waals surface area contributed by atoms with E-state index < -0.39 is 0 Å². The number of alkyl halides is 1. The van der Waals surface area contributed by atoms with Gasteiger partial charge in [0.1, 0.15) is 5.01 Å². The Morgan fingerprint density at radius 2 is 2.29 bits per heavy atom. The molecule has 2 nitrogen and oxygen atoms in total. The summed E-state index contributed by atoms with van der Waals surface area (Å²) >= 11 is 7.56. The molecule has 1 saturated heterocycles. The Kier molecular flexibility index (Phi) is 4.45. The van der Waals surface area contributed by atoms with Gasteiger partial charge in [0, 0.05) is 18.0 Å². The predicted octanol–water partition coefficient (Wildman–Crippen LogP) is 4.06. The Morgan fingerprint density at radius 3 is 2.94 bits per heavy atom.